The first-order chi connectivity index (χ1) is 13.1. The molecular weight excluding hydrogens is 344 g/mol. The summed E-state index contributed by atoms with van der Waals surface area (Å²) >= 11 is 0. The molecule has 1 saturated heterocycles. The van der Waals surface area contributed by atoms with Crippen LogP contribution >= 0.6 is 0 Å². The van der Waals surface area contributed by atoms with Crippen molar-refractivity contribution in [2.75, 3.05) is 25.2 Å². The molecule has 1 aliphatic heterocycles. The Labute approximate surface area is 160 Å². The molecule has 6 heteroatoms. The summed E-state index contributed by atoms with van der Waals surface area (Å²) in [6, 6.07) is 7.32. The fraction of sp³-hybridized carbons (Fsp3) is 0.619. The van der Waals surface area contributed by atoms with Gasteiger partial charge in [-0.15, -0.1) is 0 Å². The summed E-state index contributed by atoms with van der Waals surface area (Å²) in [4.78, 5) is 26.9. The molecule has 1 aromatic rings. The van der Waals surface area contributed by atoms with E-state index in [-0.39, 0.29) is 36.8 Å². The minimum Gasteiger partial charge on any atom is -0.497 e. The van der Waals surface area contributed by atoms with Crippen molar-refractivity contribution in [1.29, 1.82) is 0 Å². The number of benzene rings is 1. The van der Waals surface area contributed by atoms with Gasteiger partial charge in [0.2, 0.25) is 11.8 Å². The molecule has 0 unspecified atom stereocenters. The van der Waals surface area contributed by atoms with Crippen molar-refractivity contribution in [2.24, 2.45) is 11.8 Å². The van der Waals surface area contributed by atoms with Gasteiger partial charge in [-0.25, -0.2) is 0 Å². The van der Waals surface area contributed by atoms with Crippen LogP contribution in [-0.4, -0.2) is 43.2 Å². The van der Waals surface area contributed by atoms with Gasteiger partial charge in [-0.2, -0.15) is 0 Å². The number of aliphatic hydroxyl groups excluding tert-OH is 1. The summed E-state index contributed by atoms with van der Waals surface area (Å²) in [5, 5.41) is 12.5. The zero-order valence-corrected chi connectivity index (χ0v) is 16.0. The van der Waals surface area contributed by atoms with E-state index in [1.54, 1.807) is 12.0 Å². The average molecular weight is 374 g/mol. The number of methoxy groups -OCH3 is 1. The predicted molar refractivity (Wildman–Crippen MR) is 104 cm³/mol. The van der Waals surface area contributed by atoms with Gasteiger partial charge in [0.1, 0.15) is 5.75 Å². The topological polar surface area (TPSA) is 78.9 Å². The smallest absolute Gasteiger partial charge is 0.227 e. The number of carbonyl (C=O) groups is 2. The summed E-state index contributed by atoms with van der Waals surface area (Å²) in [5.41, 5.74) is 0.787. The van der Waals surface area contributed by atoms with Crippen LogP contribution in [0.2, 0.25) is 0 Å². The highest BCUT2D eigenvalue weighted by Gasteiger charge is 2.36. The van der Waals surface area contributed by atoms with Crippen LogP contribution in [0.1, 0.15) is 44.9 Å². The molecule has 148 valence electrons. The van der Waals surface area contributed by atoms with E-state index >= 15 is 0 Å². The number of hydrogen-bond donors (Lipinski definition) is 2. The van der Waals surface area contributed by atoms with Crippen molar-refractivity contribution in [1.82, 2.24) is 5.32 Å². The second kappa shape index (κ2) is 9.22. The molecule has 1 aliphatic carbocycles. The van der Waals surface area contributed by atoms with Crippen LogP contribution in [0, 0.1) is 11.8 Å². The summed E-state index contributed by atoms with van der Waals surface area (Å²) in [6.45, 7) is 0.469. The van der Waals surface area contributed by atoms with Crippen molar-refractivity contribution in [3.8, 4) is 5.75 Å². The van der Waals surface area contributed by atoms with Crippen LogP contribution in [0.5, 0.6) is 5.75 Å². The molecule has 2 N–H and O–H groups in total. The van der Waals surface area contributed by atoms with E-state index < -0.39 is 0 Å². The maximum Gasteiger partial charge on any atom is 0.227 e. The Kier molecular flexibility index (Phi) is 6.72. The van der Waals surface area contributed by atoms with E-state index in [1.165, 1.54) is 19.3 Å². The summed E-state index contributed by atoms with van der Waals surface area (Å²) < 4.78 is 5.15. The third-order valence-corrected chi connectivity index (χ3v) is 5.87. The van der Waals surface area contributed by atoms with Crippen molar-refractivity contribution < 1.29 is 19.4 Å². The van der Waals surface area contributed by atoms with Gasteiger partial charge >= 0.3 is 0 Å². The van der Waals surface area contributed by atoms with E-state index in [4.69, 9.17) is 4.74 Å². The van der Waals surface area contributed by atoms with Gasteiger partial charge in [-0.05, 0) is 49.4 Å². The Morgan fingerprint density at radius 2 is 1.96 bits per heavy atom. The standard InChI is InChI=1S/C21H30N2O4/c1-27-18-9-7-17(8-10-18)23-14-16(13-20(23)25)21(26)22-19(11-12-24)15-5-3-2-4-6-15/h7-10,15-16,19,24H,2-6,11-14H2,1H3,(H,22,26)/t16-,19-/m1/s1. The van der Waals surface area contributed by atoms with Crippen LogP contribution in [0.3, 0.4) is 0 Å². The van der Waals surface area contributed by atoms with Gasteiger partial charge < -0.3 is 20.1 Å². The second-order valence-corrected chi connectivity index (χ2v) is 7.63. The van der Waals surface area contributed by atoms with Crippen molar-refractivity contribution in [3.05, 3.63) is 24.3 Å². The number of hydrogen-bond acceptors (Lipinski definition) is 4. The number of anilines is 1. The first kappa shape index (κ1) is 19.7. The highest BCUT2D eigenvalue weighted by molar-refractivity contribution is 6.00. The molecule has 2 fully saturated rings. The maximum absolute atomic E-state index is 12.8. The molecule has 6 nitrogen and oxygen atoms in total. The number of nitrogens with one attached hydrogen (secondary N) is 1. The maximum atomic E-state index is 12.8. The number of nitrogens with zero attached hydrogens (tertiary/aromatic N) is 1. The molecular formula is C21H30N2O4. The first-order valence-electron chi connectivity index (χ1n) is 9.98. The number of aliphatic hydroxyl groups is 1. The Bertz CT molecular complexity index is 640. The van der Waals surface area contributed by atoms with Crippen LogP contribution in [0.4, 0.5) is 5.69 Å². The summed E-state index contributed by atoms with van der Waals surface area (Å²) in [6.07, 6.45) is 6.65. The molecule has 0 radical (unpaired) electrons. The van der Waals surface area contributed by atoms with Crippen LogP contribution < -0.4 is 15.0 Å². The number of carbonyl (C=O) groups excluding carboxylic acids is 2. The molecule has 27 heavy (non-hydrogen) atoms. The minimum atomic E-state index is -0.343. The molecule has 2 atom stereocenters. The lowest BCUT2D eigenvalue weighted by Crippen LogP contribution is -2.44. The SMILES string of the molecule is COc1ccc(N2C[C@H](C(=O)N[C@H](CCO)C3CCCCC3)CC2=O)cc1. The van der Waals surface area contributed by atoms with Crippen LogP contribution in [0.25, 0.3) is 0 Å². The number of rotatable bonds is 7. The predicted octanol–water partition coefficient (Wildman–Crippen LogP) is 2.50. The van der Waals surface area contributed by atoms with Crippen molar-refractivity contribution >= 4 is 17.5 Å². The second-order valence-electron chi connectivity index (χ2n) is 7.63. The van der Waals surface area contributed by atoms with E-state index in [0.717, 1.165) is 24.3 Å². The molecule has 0 aromatic heterocycles. The van der Waals surface area contributed by atoms with Gasteiger partial charge in [-0.3, -0.25) is 9.59 Å². The van der Waals surface area contributed by atoms with Crippen LogP contribution in [0.15, 0.2) is 24.3 Å². The van der Waals surface area contributed by atoms with Crippen LogP contribution in [-0.2, 0) is 9.59 Å². The van der Waals surface area contributed by atoms with Gasteiger partial charge in [0.15, 0.2) is 0 Å². The van der Waals surface area contributed by atoms with Crippen molar-refractivity contribution in [2.45, 2.75) is 51.0 Å². The Hall–Kier alpha value is -2.08. The lowest BCUT2D eigenvalue weighted by atomic mass is 9.82. The van der Waals surface area contributed by atoms with Gasteiger partial charge in [0, 0.05) is 31.3 Å². The Morgan fingerprint density at radius 1 is 1.26 bits per heavy atom. The van der Waals surface area contributed by atoms with E-state index in [9.17, 15) is 14.7 Å². The fourth-order valence-corrected chi connectivity index (χ4v) is 4.30. The van der Waals surface area contributed by atoms with E-state index in [0.29, 0.717) is 18.9 Å². The molecule has 2 amide bonds. The summed E-state index contributed by atoms with van der Waals surface area (Å²) in [5.74, 6) is 0.730. The minimum absolute atomic E-state index is 0.00735. The first-order valence-corrected chi connectivity index (χ1v) is 9.98. The monoisotopic (exact) mass is 374 g/mol. The quantitative estimate of drug-likeness (QED) is 0.769. The largest absolute Gasteiger partial charge is 0.497 e. The third kappa shape index (κ3) is 4.80. The van der Waals surface area contributed by atoms with Gasteiger partial charge in [0.25, 0.3) is 0 Å². The lowest BCUT2D eigenvalue weighted by Gasteiger charge is -2.31. The highest BCUT2D eigenvalue weighted by atomic mass is 16.5. The third-order valence-electron chi connectivity index (χ3n) is 5.87. The molecule has 0 bridgehead atoms. The fourth-order valence-electron chi connectivity index (χ4n) is 4.30. The van der Waals surface area contributed by atoms with E-state index in [2.05, 4.69) is 5.32 Å². The van der Waals surface area contributed by atoms with E-state index in [1.807, 2.05) is 24.3 Å². The summed E-state index contributed by atoms with van der Waals surface area (Å²) in [7, 11) is 1.60. The molecule has 3 rings (SSSR count). The highest BCUT2D eigenvalue weighted by Crippen LogP contribution is 2.30. The Morgan fingerprint density at radius 3 is 2.59 bits per heavy atom. The van der Waals surface area contributed by atoms with Gasteiger partial charge in [0.05, 0.1) is 13.0 Å². The molecule has 1 aromatic carbocycles. The zero-order valence-electron chi connectivity index (χ0n) is 16.0. The zero-order chi connectivity index (χ0) is 19.2. The van der Waals surface area contributed by atoms with Crippen molar-refractivity contribution in [3.63, 3.8) is 0 Å². The molecule has 0 spiro atoms. The average Bonchev–Trinajstić information content (AvgIpc) is 3.10. The number of amides is 2. The Balaban J connectivity index is 1.61. The van der Waals surface area contributed by atoms with Gasteiger partial charge in [-0.1, -0.05) is 19.3 Å². The molecule has 2 aliphatic rings. The lowest BCUT2D eigenvalue weighted by molar-refractivity contribution is -0.127. The molecule has 1 saturated carbocycles. The number of ether oxygens (including phenoxy) is 1. The normalized spacial score (nSPS) is 21.9. The molecule has 1 heterocycles.